The van der Waals surface area contributed by atoms with Crippen LogP contribution in [0.15, 0.2) is 48.2 Å². The summed E-state index contributed by atoms with van der Waals surface area (Å²) >= 11 is 0. The molecule has 4 rings (SSSR count). The number of ether oxygens (including phenoxy) is 4. The van der Waals surface area contributed by atoms with E-state index in [1.165, 1.54) is 4.90 Å². The third kappa shape index (κ3) is 4.01. The molecule has 0 N–H and O–H groups in total. The molecule has 8 heteroatoms. The smallest absolute Gasteiger partial charge is 0.278 e. The van der Waals surface area contributed by atoms with Gasteiger partial charge in [0, 0.05) is 13.1 Å². The standard InChI is InChI=1S/C24H26N2O6/c1-29-18-7-5-17(6-8-18)21-22(25-10-12-32-13-11-25)24(28)26(23(21)27)15-16-4-9-19(30-2)20(14-16)31-3/h4-9,14H,10-13,15H2,1-3H3. The van der Waals surface area contributed by atoms with Gasteiger partial charge in [-0.2, -0.15) is 0 Å². The van der Waals surface area contributed by atoms with Crippen molar-refractivity contribution in [1.82, 2.24) is 9.80 Å². The number of benzene rings is 2. The molecular weight excluding hydrogens is 412 g/mol. The van der Waals surface area contributed by atoms with Crippen molar-refractivity contribution in [2.75, 3.05) is 47.6 Å². The second-order valence-electron chi connectivity index (χ2n) is 7.44. The number of nitrogens with zero attached hydrogens (tertiary/aromatic N) is 2. The molecule has 0 radical (unpaired) electrons. The minimum Gasteiger partial charge on any atom is -0.497 e. The quantitative estimate of drug-likeness (QED) is 0.614. The van der Waals surface area contributed by atoms with Crippen molar-refractivity contribution >= 4 is 17.4 Å². The van der Waals surface area contributed by atoms with E-state index in [9.17, 15) is 9.59 Å². The average Bonchev–Trinajstić information content (AvgIpc) is 3.09. The molecule has 0 atom stereocenters. The Labute approximate surface area is 186 Å². The third-order valence-corrected chi connectivity index (χ3v) is 5.64. The lowest BCUT2D eigenvalue weighted by atomic mass is 10.0. The molecule has 0 saturated carbocycles. The molecule has 0 unspecified atom stereocenters. The Morgan fingerprint density at radius 1 is 0.844 bits per heavy atom. The van der Waals surface area contributed by atoms with Crippen molar-refractivity contribution in [1.29, 1.82) is 0 Å². The van der Waals surface area contributed by atoms with Gasteiger partial charge in [0.15, 0.2) is 11.5 Å². The summed E-state index contributed by atoms with van der Waals surface area (Å²) in [5.74, 6) is 1.18. The molecule has 2 amide bonds. The van der Waals surface area contributed by atoms with Crippen molar-refractivity contribution in [3.63, 3.8) is 0 Å². The number of imide groups is 1. The first-order valence-corrected chi connectivity index (χ1v) is 10.4. The normalized spacial score (nSPS) is 16.6. The number of rotatable bonds is 7. The van der Waals surface area contributed by atoms with Crippen LogP contribution in [-0.4, -0.2) is 69.2 Å². The Bertz CT molecular complexity index is 1040. The summed E-state index contributed by atoms with van der Waals surface area (Å²) in [5, 5.41) is 0. The summed E-state index contributed by atoms with van der Waals surface area (Å²) in [6.07, 6.45) is 0. The Kier molecular flexibility index (Phi) is 6.32. The second-order valence-corrected chi connectivity index (χ2v) is 7.44. The Balaban J connectivity index is 1.69. The molecule has 0 spiro atoms. The van der Waals surface area contributed by atoms with Gasteiger partial charge in [-0.1, -0.05) is 18.2 Å². The summed E-state index contributed by atoms with van der Waals surface area (Å²) in [5.41, 5.74) is 2.27. The molecule has 2 aromatic rings. The lowest BCUT2D eigenvalue weighted by Crippen LogP contribution is -2.40. The highest BCUT2D eigenvalue weighted by atomic mass is 16.5. The van der Waals surface area contributed by atoms with Gasteiger partial charge in [-0.05, 0) is 35.4 Å². The van der Waals surface area contributed by atoms with Gasteiger partial charge in [0.05, 0.1) is 46.7 Å². The first-order chi connectivity index (χ1) is 15.6. The maximum atomic E-state index is 13.5. The van der Waals surface area contributed by atoms with Crippen LogP contribution in [0.1, 0.15) is 11.1 Å². The summed E-state index contributed by atoms with van der Waals surface area (Å²) in [6.45, 7) is 2.26. The Morgan fingerprint density at radius 2 is 1.53 bits per heavy atom. The Hall–Kier alpha value is -3.52. The van der Waals surface area contributed by atoms with Gasteiger partial charge in [0.1, 0.15) is 11.4 Å². The molecule has 2 aliphatic heterocycles. The van der Waals surface area contributed by atoms with Crippen LogP contribution >= 0.6 is 0 Å². The average molecular weight is 438 g/mol. The van der Waals surface area contributed by atoms with Gasteiger partial charge < -0.3 is 23.8 Å². The molecule has 2 heterocycles. The highest BCUT2D eigenvalue weighted by Crippen LogP contribution is 2.35. The van der Waals surface area contributed by atoms with Gasteiger partial charge >= 0.3 is 0 Å². The highest BCUT2D eigenvalue weighted by Gasteiger charge is 2.41. The van der Waals surface area contributed by atoms with E-state index in [0.29, 0.717) is 60.4 Å². The second kappa shape index (κ2) is 9.32. The maximum Gasteiger partial charge on any atom is 0.278 e. The molecule has 1 saturated heterocycles. The topological polar surface area (TPSA) is 77.5 Å². The molecule has 2 aromatic carbocycles. The fourth-order valence-electron chi connectivity index (χ4n) is 3.97. The van der Waals surface area contributed by atoms with Crippen LogP contribution in [0.25, 0.3) is 5.57 Å². The van der Waals surface area contributed by atoms with Crippen molar-refractivity contribution < 1.29 is 28.5 Å². The van der Waals surface area contributed by atoms with E-state index >= 15 is 0 Å². The molecule has 0 aliphatic carbocycles. The van der Waals surface area contributed by atoms with Crippen molar-refractivity contribution in [2.45, 2.75) is 6.54 Å². The molecule has 168 valence electrons. The monoisotopic (exact) mass is 438 g/mol. The van der Waals surface area contributed by atoms with Gasteiger partial charge in [-0.3, -0.25) is 14.5 Å². The Morgan fingerprint density at radius 3 is 2.16 bits per heavy atom. The number of carbonyl (C=O) groups is 2. The van der Waals surface area contributed by atoms with Gasteiger partial charge in [0.2, 0.25) is 0 Å². The van der Waals surface area contributed by atoms with Gasteiger partial charge in [-0.25, -0.2) is 0 Å². The first kappa shape index (κ1) is 21.7. The molecule has 2 aliphatic rings. The van der Waals surface area contributed by atoms with Crippen LogP contribution in [0.2, 0.25) is 0 Å². The molecule has 32 heavy (non-hydrogen) atoms. The zero-order chi connectivity index (χ0) is 22.7. The number of morpholine rings is 1. The van der Waals surface area contributed by atoms with E-state index < -0.39 is 0 Å². The minimum absolute atomic E-state index is 0.130. The van der Waals surface area contributed by atoms with Crippen LogP contribution in [-0.2, 0) is 20.9 Å². The number of methoxy groups -OCH3 is 3. The molecule has 8 nitrogen and oxygen atoms in total. The number of hydrogen-bond acceptors (Lipinski definition) is 7. The SMILES string of the molecule is COc1ccc(C2=C(N3CCOCC3)C(=O)N(Cc3ccc(OC)c(OC)c3)C2=O)cc1. The number of hydrogen-bond donors (Lipinski definition) is 0. The van der Waals surface area contributed by atoms with Crippen molar-refractivity contribution in [3.05, 3.63) is 59.3 Å². The minimum atomic E-state index is -0.323. The van der Waals surface area contributed by atoms with E-state index in [4.69, 9.17) is 18.9 Å². The number of amides is 2. The molecule has 0 aromatic heterocycles. The fourth-order valence-corrected chi connectivity index (χ4v) is 3.97. The largest absolute Gasteiger partial charge is 0.497 e. The van der Waals surface area contributed by atoms with E-state index in [0.717, 1.165) is 5.56 Å². The predicted octanol–water partition coefficient (Wildman–Crippen LogP) is 2.32. The van der Waals surface area contributed by atoms with Gasteiger partial charge in [-0.15, -0.1) is 0 Å². The van der Waals surface area contributed by atoms with Crippen LogP contribution in [0.5, 0.6) is 17.2 Å². The van der Waals surface area contributed by atoms with Crippen LogP contribution in [0, 0.1) is 0 Å². The zero-order valence-corrected chi connectivity index (χ0v) is 18.4. The van der Waals surface area contributed by atoms with Crippen molar-refractivity contribution in [2.24, 2.45) is 0 Å². The molecule has 1 fully saturated rings. The van der Waals surface area contributed by atoms with Crippen molar-refractivity contribution in [3.8, 4) is 17.2 Å². The zero-order valence-electron chi connectivity index (χ0n) is 18.4. The van der Waals surface area contributed by atoms with Gasteiger partial charge in [0.25, 0.3) is 11.8 Å². The van der Waals surface area contributed by atoms with E-state index in [1.54, 1.807) is 57.7 Å². The molecule has 0 bridgehead atoms. The lowest BCUT2D eigenvalue weighted by molar-refractivity contribution is -0.138. The van der Waals surface area contributed by atoms with Crippen LogP contribution < -0.4 is 14.2 Å². The lowest BCUT2D eigenvalue weighted by Gasteiger charge is -2.29. The van der Waals surface area contributed by atoms with Crippen LogP contribution in [0.3, 0.4) is 0 Å². The number of carbonyl (C=O) groups excluding carboxylic acids is 2. The third-order valence-electron chi connectivity index (χ3n) is 5.64. The maximum absolute atomic E-state index is 13.5. The fraction of sp³-hybridized carbons (Fsp3) is 0.333. The first-order valence-electron chi connectivity index (χ1n) is 10.4. The van der Waals surface area contributed by atoms with E-state index in [1.807, 2.05) is 11.0 Å². The summed E-state index contributed by atoms with van der Waals surface area (Å²) in [6, 6.07) is 12.5. The predicted molar refractivity (Wildman–Crippen MR) is 117 cm³/mol. The van der Waals surface area contributed by atoms with E-state index in [-0.39, 0.29) is 18.4 Å². The summed E-state index contributed by atoms with van der Waals surface area (Å²) < 4.78 is 21.3. The van der Waals surface area contributed by atoms with Crippen LogP contribution in [0.4, 0.5) is 0 Å². The summed E-state index contributed by atoms with van der Waals surface area (Å²) in [4.78, 5) is 30.2. The summed E-state index contributed by atoms with van der Waals surface area (Å²) in [7, 11) is 4.70. The van der Waals surface area contributed by atoms with E-state index in [2.05, 4.69) is 0 Å². The molecular formula is C24H26N2O6. The highest BCUT2D eigenvalue weighted by molar-refractivity contribution is 6.35.